The Kier molecular flexibility index (Phi) is 3.61. The van der Waals surface area contributed by atoms with Crippen molar-refractivity contribution in [3.05, 3.63) is 58.1 Å². The van der Waals surface area contributed by atoms with E-state index in [9.17, 15) is 4.39 Å². The van der Waals surface area contributed by atoms with Gasteiger partial charge in [-0.1, -0.05) is 29.3 Å². The van der Waals surface area contributed by atoms with Crippen molar-refractivity contribution >= 4 is 45.6 Å². The van der Waals surface area contributed by atoms with E-state index in [-0.39, 0.29) is 21.1 Å². The predicted octanol–water partition coefficient (Wildman–Crippen LogP) is 4.68. The second-order valence-corrected chi connectivity index (χ2v) is 7.78. The first-order valence-electron chi connectivity index (χ1n) is 8.45. The van der Waals surface area contributed by atoms with Crippen molar-refractivity contribution in [2.45, 2.75) is 11.8 Å². The van der Waals surface area contributed by atoms with Gasteiger partial charge in [-0.2, -0.15) is 0 Å². The van der Waals surface area contributed by atoms with Crippen LogP contribution in [0.25, 0.3) is 10.9 Å². The van der Waals surface area contributed by atoms with Gasteiger partial charge in [-0.05, 0) is 48.7 Å². The molecule has 2 unspecified atom stereocenters. The number of hydrogen-bond donors (Lipinski definition) is 2. The molecule has 132 valence electrons. The van der Waals surface area contributed by atoms with Crippen LogP contribution in [-0.4, -0.2) is 23.1 Å². The molecule has 7 heteroatoms. The normalized spacial score (nSPS) is 23.9. The molecule has 1 aliphatic carbocycles. The van der Waals surface area contributed by atoms with E-state index in [2.05, 4.69) is 32.7 Å². The van der Waals surface area contributed by atoms with Gasteiger partial charge in [0.2, 0.25) is 0 Å². The van der Waals surface area contributed by atoms with Crippen LogP contribution < -0.4 is 10.6 Å². The Bertz CT molecular complexity index is 1040. The lowest BCUT2D eigenvalue weighted by Gasteiger charge is -2.15. The highest BCUT2D eigenvalue weighted by molar-refractivity contribution is 6.42. The number of anilines is 2. The Balaban J connectivity index is 1.59. The largest absolute Gasteiger partial charge is 0.337 e. The average Bonchev–Trinajstić information content (AvgIpc) is 3.23. The maximum Gasteiger partial charge on any atom is 0.166 e. The van der Waals surface area contributed by atoms with Gasteiger partial charge in [0.1, 0.15) is 12.1 Å². The molecular weight excluding hydrogens is 374 g/mol. The van der Waals surface area contributed by atoms with Crippen molar-refractivity contribution in [3.63, 3.8) is 0 Å². The fourth-order valence-electron chi connectivity index (χ4n) is 4.01. The summed E-state index contributed by atoms with van der Waals surface area (Å²) in [5.41, 5.74) is 2.56. The van der Waals surface area contributed by atoms with Gasteiger partial charge in [0.25, 0.3) is 0 Å². The Morgan fingerprint density at radius 1 is 1.19 bits per heavy atom. The van der Waals surface area contributed by atoms with Crippen molar-refractivity contribution in [2.75, 3.05) is 18.4 Å². The van der Waals surface area contributed by atoms with Gasteiger partial charge in [0.15, 0.2) is 5.82 Å². The molecule has 2 fully saturated rings. The Hall–Kier alpha value is -1.95. The molecule has 1 aromatic heterocycles. The summed E-state index contributed by atoms with van der Waals surface area (Å²) in [5, 5.41) is 7.44. The molecule has 2 heterocycles. The maximum atomic E-state index is 14.4. The molecule has 0 amide bonds. The number of nitrogens with one attached hydrogen (secondary N) is 2. The van der Waals surface area contributed by atoms with Crippen molar-refractivity contribution in [1.29, 1.82) is 0 Å². The summed E-state index contributed by atoms with van der Waals surface area (Å²) < 4.78 is 14.4. The molecule has 2 atom stereocenters. The highest BCUT2D eigenvalue weighted by atomic mass is 35.5. The minimum Gasteiger partial charge on any atom is -0.337 e. The quantitative estimate of drug-likeness (QED) is 0.639. The number of halogens is 3. The number of aromatic nitrogens is 2. The lowest BCUT2D eigenvalue weighted by atomic mass is 9.94. The molecular formula is C19H15Cl2FN4. The van der Waals surface area contributed by atoms with E-state index in [1.165, 1.54) is 18.3 Å². The molecule has 2 aliphatic rings. The second-order valence-electron chi connectivity index (χ2n) is 6.99. The van der Waals surface area contributed by atoms with Crippen LogP contribution in [-0.2, 0) is 5.41 Å². The number of benzene rings is 2. The van der Waals surface area contributed by atoms with E-state index in [4.69, 9.17) is 23.2 Å². The van der Waals surface area contributed by atoms with Crippen molar-refractivity contribution in [1.82, 2.24) is 15.3 Å². The predicted molar refractivity (Wildman–Crippen MR) is 102 cm³/mol. The maximum absolute atomic E-state index is 14.4. The topological polar surface area (TPSA) is 49.8 Å². The monoisotopic (exact) mass is 388 g/mol. The first-order chi connectivity index (χ1) is 12.6. The average molecular weight is 389 g/mol. The van der Waals surface area contributed by atoms with Crippen LogP contribution in [0.1, 0.15) is 12.0 Å². The summed E-state index contributed by atoms with van der Waals surface area (Å²) in [7, 11) is 0. The fraction of sp³-hybridized carbons (Fsp3) is 0.263. The number of rotatable bonds is 3. The third-order valence-electron chi connectivity index (χ3n) is 5.56. The summed E-state index contributed by atoms with van der Waals surface area (Å²) in [4.78, 5) is 8.65. The molecule has 1 saturated heterocycles. The van der Waals surface area contributed by atoms with Crippen LogP contribution in [0.2, 0.25) is 10.0 Å². The fourth-order valence-corrected chi connectivity index (χ4v) is 4.32. The highest BCUT2D eigenvalue weighted by Gasteiger charge is 2.58. The summed E-state index contributed by atoms with van der Waals surface area (Å²) in [6, 6.07) is 9.39. The van der Waals surface area contributed by atoms with Gasteiger partial charge in [0.05, 0.1) is 21.2 Å². The molecule has 2 aromatic carbocycles. The summed E-state index contributed by atoms with van der Waals surface area (Å²) >= 11 is 11.8. The van der Waals surface area contributed by atoms with Crippen LogP contribution in [0.15, 0.2) is 36.7 Å². The Labute approximate surface area is 159 Å². The third-order valence-corrected chi connectivity index (χ3v) is 6.34. The molecule has 1 saturated carbocycles. The molecule has 0 bridgehead atoms. The van der Waals surface area contributed by atoms with E-state index in [1.54, 1.807) is 12.1 Å². The van der Waals surface area contributed by atoms with Gasteiger partial charge < -0.3 is 10.6 Å². The van der Waals surface area contributed by atoms with Crippen LogP contribution >= 0.6 is 23.2 Å². The smallest absolute Gasteiger partial charge is 0.166 e. The number of nitrogens with zero attached hydrogens (tertiary/aromatic N) is 2. The van der Waals surface area contributed by atoms with E-state index in [0.29, 0.717) is 11.7 Å². The number of piperidine rings is 1. The first kappa shape index (κ1) is 16.2. The lowest BCUT2D eigenvalue weighted by Crippen LogP contribution is -2.19. The molecule has 0 spiro atoms. The van der Waals surface area contributed by atoms with E-state index in [1.807, 2.05) is 6.07 Å². The zero-order valence-corrected chi connectivity index (χ0v) is 15.2. The number of fused-ring (bicyclic) bond motifs is 2. The molecule has 1 aliphatic heterocycles. The molecule has 4 nitrogen and oxygen atoms in total. The van der Waals surface area contributed by atoms with E-state index < -0.39 is 5.82 Å². The van der Waals surface area contributed by atoms with Crippen LogP contribution in [0.5, 0.6) is 0 Å². The van der Waals surface area contributed by atoms with Crippen LogP contribution in [0.3, 0.4) is 0 Å². The highest BCUT2D eigenvalue weighted by Crippen LogP contribution is 2.56. The zero-order valence-electron chi connectivity index (χ0n) is 13.7. The van der Waals surface area contributed by atoms with Crippen LogP contribution in [0, 0.1) is 11.7 Å². The van der Waals surface area contributed by atoms with E-state index >= 15 is 0 Å². The summed E-state index contributed by atoms with van der Waals surface area (Å²) in [6.45, 7) is 2.07. The zero-order chi connectivity index (χ0) is 17.9. The third kappa shape index (κ3) is 2.38. The van der Waals surface area contributed by atoms with Gasteiger partial charge in [-0.25, -0.2) is 14.4 Å². The van der Waals surface area contributed by atoms with Crippen LogP contribution in [0.4, 0.5) is 15.9 Å². The molecule has 3 aromatic rings. The minimum atomic E-state index is -0.595. The van der Waals surface area contributed by atoms with Gasteiger partial charge in [-0.15, -0.1) is 0 Å². The van der Waals surface area contributed by atoms with Gasteiger partial charge >= 0.3 is 0 Å². The van der Waals surface area contributed by atoms with E-state index in [0.717, 1.165) is 24.0 Å². The first-order valence-corrected chi connectivity index (χ1v) is 9.20. The molecule has 5 rings (SSSR count). The standard InChI is InChI=1S/C19H15Cl2FN4/c20-13-2-4-15(17(22)16(13)21)26-18-12-5-10(1-3-14(12)24-9-25-18)19-6-11(19)7-23-8-19/h1-5,9,11,23H,6-8H2,(H,24,25,26). The molecule has 0 radical (unpaired) electrons. The van der Waals surface area contributed by atoms with Crippen molar-refractivity contribution in [3.8, 4) is 0 Å². The number of hydrogen-bond acceptors (Lipinski definition) is 4. The molecule has 26 heavy (non-hydrogen) atoms. The molecule has 2 N–H and O–H groups in total. The lowest BCUT2D eigenvalue weighted by molar-refractivity contribution is 0.632. The van der Waals surface area contributed by atoms with Gasteiger partial charge in [-0.3, -0.25) is 0 Å². The van der Waals surface area contributed by atoms with Gasteiger partial charge in [0, 0.05) is 17.3 Å². The Morgan fingerprint density at radius 3 is 2.85 bits per heavy atom. The summed E-state index contributed by atoms with van der Waals surface area (Å²) in [5.74, 6) is 0.658. The summed E-state index contributed by atoms with van der Waals surface area (Å²) in [6.07, 6.45) is 2.68. The van der Waals surface area contributed by atoms with Crippen molar-refractivity contribution < 1.29 is 4.39 Å². The minimum absolute atomic E-state index is 0.104. The van der Waals surface area contributed by atoms with Crippen molar-refractivity contribution in [2.24, 2.45) is 5.92 Å². The Morgan fingerprint density at radius 2 is 2.08 bits per heavy atom. The second kappa shape index (κ2) is 5.78. The SMILES string of the molecule is Fc1c(Nc2ncnc3ccc(C45CNCC4C5)cc23)ccc(Cl)c1Cl.